The largest absolute Gasteiger partial charge is 0.369 e. The summed E-state index contributed by atoms with van der Waals surface area (Å²) >= 11 is 13.4. The van der Waals surface area contributed by atoms with E-state index in [1.165, 1.54) is 8.61 Å². The van der Waals surface area contributed by atoms with E-state index in [0.717, 1.165) is 43.2 Å². The molecule has 5 fully saturated rings. The Hall–Kier alpha value is -2.01. The Labute approximate surface area is 246 Å². The normalized spacial score (nSPS) is 33.5. The molecule has 3 unspecified atom stereocenters. The third-order valence-corrected chi connectivity index (χ3v) is 11.9. The third kappa shape index (κ3) is 4.88. The second-order valence-electron chi connectivity index (χ2n) is 12.3. The van der Waals surface area contributed by atoms with Crippen LogP contribution in [-0.4, -0.2) is 50.9 Å². The van der Waals surface area contributed by atoms with Gasteiger partial charge in [0.15, 0.2) is 0 Å². The summed E-state index contributed by atoms with van der Waals surface area (Å²) in [5.74, 6) is 0.495. The van der Waals surface area contributed by atoms with Gasteiger partial charge < -0.3 is 11.1 Å². The van der Waals surface area contributed by atoms with Gasteiger partial charge in [-0.1, -0.05) is 60.5 Å². The van der Waals surface area contributed by atoms with Crippen LogP contribution in [0, 0.1) is 29.1 Å². The minimum absolute atomic E-state index is 0.0188. The summed E-state index contributed by atoms with van der Waals surface area (Å²) in [4.78, 5) is 25.7. The topological polar surface area (TPSA) is 119 Å². The molecule has 4 aliphatic carbocycles. The molecule has 5 aliphatic rings. The van der Waals surface area contributed by atoms with E-state index in [1.807, 2.05) is 37.3 Å². The molecule has 11 heteroatoms. The van der Waals surface area contributed by atoms with E-state index >= 15 is 0 Å². The van der Waals surface area contributed by atoms with Crippen molar-refractivity contribution in [3.63, 3.8) is 0 Å². The highest BCUT2D eigenvalue weighted by Crippen LogP contribution is 2.60. The smallest absolute Gasteiger partial charge is 0.236 e. The first-order valence-corrected chi connectivity index (χ1v) is 16.1. The summed E-state index contributed by atoms with van der Waals surface area (Å²) in [5.41, 5.74) is 7.51. The molecule has 0 aromatic heterocycles. The second-order valence-corrected chi connectivity index (χ2v) is 15.1. The van der Waals surface area contributed by atoms with Gasteiger partial charge in [0.2, 0.25) is 11.8 Å². The van der Waals surface area contributed by atoms with Crippen LogP contribution >= 0.6 is 34.2 Å². The Balaban J connectivity index is 1.19. The number of nitrogens with one attached hydrogen (secondary N) is 1. The molecule has 0 radical (unpaired) electrons. The fourth-order valence-corrected chi connectivity index (χ4v) is 10.7. The molecule has 2 amide bonds. The zero-order valence-corrected chi connectivity index (χ0v) is 24.8. The van der Waals surface area contributed by atoms with E-state index in [2.05, 4.69) is 5.32 Å². The standard InChI is InChI=1S/C29H36Cl2N4O4S/c1-17-14-34(16-25(36)33-26-21-7-18-8-22(26)13-29(11-18,12-21)28(32)37)40(38,39)35(15-17)27-23(30)9-20(10-24(27)31)19-5-3-2-4-6-19/h2-6,9-10,17-18,21-22,26,38-39H,7-8,11-16H2,1H3,(H2,32,37)(H,33,36). The fourth-order valence-electron chi connectivity index (χ4n) is 7.95. The van der Waals surface area contributed by atoms with Crippen molar-refractivity contribution in [2.24, 2.45) is 34.8 Å². The van der Waals surface area contributed by atoms with Gasteiger partial charge in [-0.05, 0) is 90.0 Å². The number of hydrogen-bond donors (Lipinski definition) is 4. The Morgan fingerprint density at radius 1 is 1.02 bits per heavy atom. The van der Waals surface area contributed by atoms with Gasteiger partial charge in [0.05, 0.1) is 22.3 Å². The molecule has 40 heavy (non-hydrogen) atoms. The number of carbonyl (C=O) groups is 2. The predicted molar refractivity (Wildman–Crippen MR) is 160 cm³/mol. The lowest BCUT2D eigenvalue weighted by atomic mass is 9.47. The lowest BCUT2D eigenvalue weighted by Crippen LogP contribution is -2.63. The van der Waals surface area contributed by atoms with E-state index in [9.17, 15) is 18.7 Å². The molecule has 1 saturated heterocycles. The maximum atomic E-state index is 13.4. The van der Waals surface area contributed by atoms with E-state index in [1.54, 1.807) is 12.1 Å². The molecular formula is C29H36Cl2N4O4S. The van der Waals surface area contributed by atoms with Crippen molar-refractivity contribution in [1.29, 1.82) is 0 Å². The van der Waals surface area contributed by atoms with Crippen molar-refractivity contribution in [3.05, 3.63) is 52.5 Å². The van der Waals surface area contributed by atoms with E-state index in [-0.39, 0.29) is 42.2 Å². The van der Waals surface area contributed by atoms with Gasteiger partial charge in [0.25, 0.3) is 0 Å². The van der Waals surface area contributed by atoms with Crippen molar-refractivity contribution in [3.8, 4) is 11.1 Å². The molecule has 4 bridgehead atoms. The Bertz CT molecular complexity index is 1290. The number of primary amides is 1. The molecule has 1 aliphatic heterocycles. The number of nitrogens with zero attached hydrogens (tertiary/aromatic N) is 2. The zero-order chi connectivity index (χ0) is 28.4. The van der Waals surface area contributed by atoms with Gasteiger partial charge in [0.1, 0.15) is 0 Å². The first kappa shape index (κ1) is 28.1. The molecule has 4 saturated carbocycles. The average molecular weight is 608 g/mol. The zero-order valence-electron chi connectivity index (χ0n) is 22.4. The predicted octanol–water partition coefficient (Wildman–Crippen LogP) is 5.80. The molecular weight excluding hydrogens is 571 g/mol. The SMILES string of the molecule is CC1CN(CC(=O)NC2C3CC4CC2CC(C(N)=O)(C4)C3)S(O)(O)N(c2c(Cl)cc(-c3ccccc3)cc2Cl)C1. The Morgan fingerprint density at radius 3 is 2.25 bits per heavy atom. The van der Waals surface area contributed by atoms with Crippen molar-refractivity contribution < 1.29 is 18.7 Å². The van der Waals surface area contributed by atoms with E-state index < -0.39 is 16.4 Å². The molecule has 5 N–H and O–H groups in total. The van der Waals surface area contributed by atoms with Crippen molar-refractivity contribution in [1.82, 2.24) is 9.62 Å². The second kappa shape index (κ2) is 10.4. The van der Waals surface area contributed by atoms with Gasteiger partial charge in [-0.2, -0.15) is 4.31 Å². The number of halogens is 2. The minimum atomic E-state index is -3.57. The molecule has 216 valence electrons. The van der Waals surface area contributed by atoms with Crippen LogP contribution in [0.2, 0.25) is 10.0 Å². The highest BCUT2D eigenvalue weighted by Gasteiger charge is 2.58. The fraction of sp³-hybridized carbons (Fsp3) is 0.517. The lowest BCUT2D eigenvalue weighted by Gasteiger charge is -2.59. The monoisotopic (exact) mass is 606 g/mol. The summed E-state index contributed by atoms with van der Waals surface area (Å²) in [6.45, 7) is 2.50. The van der Waals surface area contributed by atoms with Crippen molar-refractivity contribution in [2.45, 2.75) is 45.1 Å². The van der Waals surface area contributed by atoms with Crippen molar-refractivity contribution >= 4 is 51.7 Å². The molecule has 2 aromatic rings. The number of benzene rings is 2. The summed E-state index contributed by atoms with van der Waals surface area (Å²) in [6.07, 6.45) is 4.31. The van der Waals surface area contributed by atoms with E-state index in [0.29, 0.717) is 34.7 Å². The highest BCUT2D eigenvalue weighted by molar-refractivity contribution is 8.23. The van der Waals surface area contributed by atoms with E-state index in [4.69, 9.17) is 28.9 Å². The molecule has 2 aromatic carbocycles. The number of anilines is 1. The average Bonchev–Trinajstić information content (AvgIpc) is 2.88. The molecule has 1 heterocycles. The van der Waals surface area contributed by atoms with Crippen LogP contribution in [0.4, 0.5) is 5.69 Å². The molecule has 0 spiro atoms. The highest BCUT2D eigenvalue weighted by atomic mass is 35.5. The van der Waals surface area contributed by atoms with Gasteiger partial charge in [-0.3, -0.25) is 23.0 Å². The number of rotatable bonds is 6. The van der Waals surface area contributed by atoms with Crippen LogP contribution in [0.25, 0.3) is 11.1 Å². The first-order chi connectivity index (χ1) is 19.0. The summed E-state index contributed by atoms with van der Waals surface area (Å²) in [6, 6.07) is 13.2. The summed E-state index contributed by atoms with van der Waals surface area (Å²) in [7, 11) is -3.57. The molecule has 3 atom stereocenters. The van der Waals surface area contributed by atoms with Crippen molar-refractivity contribution in [2.75, 3.05) is 23.9 Å². The summed E-state index contributed by atoms with van der Waals surface area (Å²) < 4.78 is 25.9. The maximum absolute atomic E-state index is 13.4. The number of hydrogen-bond acceptors (Lipinski definition) is 6. The Kier molecular flexibility index (Phi) is 7.29. The van der Waals surface area contributed by atoms with Crippen LogP contribution in [0.5, 0.6) is 0 Å². The van der Waals surface area contributed by atoms with Crippen LogP contribution in [-0.2, 0) is 9.59 Å². The van der Waals surface area contributed by atoms with Gasteiger partial charge in [-0.15, -0.1) is 0 Å². The lowest BCUT2D eigenvalue weighted by molar-refractivity contribution is -0.147. The quantitative estimate of drug-likeness (QED) is 0.330. The third-order valence-electron chi connectivity index (χ3n) is 9.45. The van der Waals surface area contributed by atoms with Crippen LogP contribution < -0.4 is 15.4 Å². The van der Waals surface area contributed by atoms with Gasteiger partial charge in [0, 0.05) is 24.5 Å². The molecule has 8 nitrogen and oxygen atoms in total. The summed E-state index contributed by atoms with van der Waals surface area (Å²) in [5, 5.41) is 3.82. The van der Waals surface area contributed by atoms with Crippen LogP contribution in [0.15, 0.2) is 42.5 Å². The van der Waals surface area contributed by atoms with Gasteiger partial charge >= 0.3 is 0 Å². The first-order valence-electron chi connectivity index (χ1n) is 13.9. The minimum Gasteiger partial charge on any atom is -0.369 e. The number of amides is 2. The number of carbonyl (C=O) groups excluding carboxylic acids is 2. The maximum Gasteiger partial charge on any atom is 0.236 e. The van der Waals surface area contributed by atoms with Crippen LogP contribution in [0.1, 0.15) is 39.0 Å². The van der Waals surface area contributed by atoms with Gasteiger partial charge in [-0.25, -0.2) is 0 Å². The number of nitrogens with two attached hydrogens (primary N) is 1. The van der Waals surface area contributed by atoms with Crippen LogP contribution in [0.3, 0.4) is 0 Å². The molecule has 7 rings (SSSR count). The Morgan fingerprint density at radius 2 is 1.65 bits per heavy atom.